The van der Waals surface area contributed by atoms with Crippen molar-refractivity contribution < 1.29 is 9.84 Å². The van der Waals surface area contributed by atoms with Crippen molar-refractivity contribution >= 4 is 0 Å². The number of fused-ring (bicyclic) bond motifs is 4. The molecule has 2 nitrogen and oxygen atoms in total. The maximum Gasteiger partial charge on any atom is 0.161 e. The number of aliphatic hydroxyl groups excluding tert-OH is 1. The Balaban J connectivity index is 2.04. The highest BCUT2D eigenvalue weighted by Crippen LogP contribution is 2.57. The van der Waals surface area contributed by atoms with Crippen LogP contribution >= 0.6 is 0 Å². The average molecular weight is 208 g/mol. The van der Waals surface area contributed by atoms with E-state index in [2.05, 4.69) is 19.9 Å². The molecular weight excluding hydrogens is 188 g/mol. The highest BCUT2D eigenvalue weighted by molar-refractivity contribution is 5.24. The monoisotopic (exact) mass is 208 g/mol. The predicted molar refractivity (Wildman–Crippen MR) is 58.2 cm³/mol. The molecule has 84 valence electrons. The molecule has 2 bridgehead atoms. The molecule has 0 spiro atoms. The number of rotatable bonds is 0. The van der Waals surface area contributed by atoms with E-state index in [4.69, 9.17) is 4.74 Å². The van der Waals surface area contributed by atoms with Crippen LogP contribution in [0.1, 0.15) is 39.5 Å². The minimum Gasteiger partial charge on any atom is -0.367 e. The predicted octanol–water partition coefficient (Wildman–Crippen LogP) is 2.48. The third kappa shape index (κ3) is 1.12. The molecular formula is C13H20O2. The zero-order valence-electron chi connectivity index (χ0n) is 9.57. The van der Waals surface area contributed by atoms with Gasteiger partial charge >= 0.3 is 0 Å². The van der Waals surface area contributed by atoms with Crippen molar-refractivity contribution in [2.24, 2.45) is 17.3 Å². The largest absolute Gasteiger partial charge is 0.367 e. The van der Waals surface area contributed by atoms with Crippen LogP contribution in [0.4, 0.5) is 0 Å². The third-order valence-electron chi connectivity index (χ3n) is 5.08. The molecule has 1 saturated carbocycles. The first-order valence-electron chi connectivity index (χ1n) is 6.18. The summed E-state index contributed by atoms with van der Waals surface area (Å²) in [4.78, 5) is 0. The first-order valence-corrected chi connectivity index (χ1v) is 6.18. The van der Waals surface area contributed by atoms with E-state index in [0.29, 0.717) is 11.8 Å². The summed E-state index contributed by atoms with van der Waals surface area (Å²) in [5.74, 6) is 1.02. The van der Waals surface area contributed by atoms with Crippen molar-refractivity contribution in [2.45, 2.75) is 51.9 Å². The molecule has 1 unspecified atom stereocenters. The van der Waals surface area contributed by atoms with Crippen LogP contribution in [0.5, 0.6) is 0 Å². The second-order valence-electron chi connectivity index (χ2n) is 5.65. The lowest BCUT2D eigenvalue weighted by atomic mass is 9.58. The van der Waals surface area contributed by atoms with Crippen LogP contribution in [0, 0.1) is 17.3 Å². The van der Waals surface area contributed by atoms with E-state index in [1.165, 1.54) is 25.7 Å². The van der Waals surface area contributed by atoms with Gasteiger partial charge in [-0.2, -0.15) is 0 Å². The minimum absolute atomic E-state index is 0.0326. The van der Waals surface area contributed by atoms with E-state index in [0.717, 1.165) is 0 Å². The zero-order valence-corrected chi connectivity index (χ0v) is 9.57. The summed E-state index contributed by atoms with van der Waals surface area (Å²) in [7, 11) is 0. The Hall–Kier alpha value is -0.340. The van der Waals surface area contributed by atoms with E-state index in [1.807, 2.05) is 0 Å². The first kappa shape index (κ1) is 9.86. The second kappa shape index (κ2) is 3.08. The van der Waals surface area contributed by atoms with Crippen molar-refractivity contribution in [1.29, 1.82) is 0 Å². The van der Waals surface area contributed by atoms with Crippen molar-refractivity contribution in [2.75, 3.05) is 0 Å². The topological polar surface area (TPSA) is 29.5 Å². The summed E-state index contributed by atoms with van der Waals surface area (Å²) >= 11 is 0. The van der Waals surface area contributed by atoms with Gasteiger partial charge in [0.15, 0.2) is 6.29 Å². The maximum atomic E-state index is 10.1. The van der Waals surface area contributed by atoms with Crippen LogP contribution in [0.25, 0.3) is 0 Å². The van der Waals surface area contributed by atoms with Crippen molar-refractivity contribution in [3.63, 3.8) is 0 Å². The molecule has 5 atom stereocenters. The number of hydrogen-bond acceptors (Lipinski definition) is 2. The lowest BCUT2D eigenvalue weighted by Crippen LogP contribution is -2.44. The lowest BCUT2D eigenvalue weighted by Gasteiger charge is -2.45. The Kier molecular flexibility index (Phi) is 2.02. The number of allylic oxidation sites excluding steroid dienone is 1. The van der Waals surface area contributed by atoms with Gasteiger partial charge in [0, 0.05) is 5.41 Å². The quantitative estimate of drug-likeness (QED) is 0.620. The van der Waals surface area contributed by atoms with E-state index in [-0.39, 0.29) is 11.5 Å². The fourth-order valence-corrected chi connectivity index (χ4v) is 3.82. The molecule has 0 amide bonds. The van der Waals surface area contributed by atoms with Gasteiger partial charge in [0.05, 0.1) is 6.10 Å². The molecule has 3 aliphatic rings. The first-order chi connectivity index (χ1) is 7.14. The molecule has 0 aromatic carbocycles. The molecule has 0 aromatic rings. The van der Waals surface area contributed by atoms with Crippen LogP contribution in [0.15, 0.2) is 11.6 Å². The van der Waals surface area contributed by atoms with Gasteiger partial charge in [-0.1, -0.05) is 31.9 Å². The van der Waals surface area contributed by atoms with E-state index in [9.17, 15) is 5.11 Å². The molecule has 1 aliphatic heterocycles. The Morgan fingerprint density at radius 1 is 1.47 bits per heavy atom. The number of ether oxygens (including phenoxy) is 1. The third-order valence-corrected chi connectivity index (χ3v) is 5.08. The van der Waals surface area contributed by atoms with Gasteiger partial charge in [0.1, 0.15) is 0 Å². The molecule has 15 heavy (non-hydrogen) atoms. The summed E-state index contributed by atoms with van der Waals surface area (Å²) in [6.45, 7) is 4.44. The van der Waals surface area contributed by atoms with Gasteiger partial charge in [-0.15, -0.1) is 0 Å². The van der Waals surface area contributed by atoms with Crippen LogP contribution in [0.2, 0.25) is 0 Å². The van der Waals surface area contributed by atoms with E-state index in [1.54, 1.807) is 5.57 Å². The van der Waals surface area contributed by atoms with Crippen molar-refractivity contribution in [3.8, 4) is 0 Å². The van der Waals surface area contributed by atoms with Gasteiger partial charge in [0.2, 0.25) is 0 Å². The second-order valence-corrected chi connectivity index (χ2v) is 5.65. The summed E-state index contributed by atoms with van der Waals surface area (Å²) in [5, 5.41) is 10.1. The SMILES string of the molecule is C[C@@H]1[C@@H]2C=C3CCCC[C@H]3[C@@]1(C)C(O)O2. The Morgan fingerprint density at radius 2 is 2.27 bits per heavy atom. The molecule has 2 heteroatoms. The Morgan fingerprint density at radius 3 is 3.07 bits per heavy atom. The fourth-order valence-electron chi connectivity index (χ4n) is 3.82. The molecule has 0 radical (unpaired) electrons. The van der Waals surface area contributed by atoms with Crippen LogP contribution < -0.4 is 0 Å². The highest BCUT2D eigenvalue weighted by Gasteiger charge is 2.57. The molecule has 1 N–H and O–H groups in total. The highest BCUT2D eigenvalue weighted by atomic mass is 16.6. The van der Waals surface area contributed by atoms with Crippen molar-refractivity contribution in [3.05, 3.63) is 11.6 Å². The van der Waals surface area contributed by atoms with Crippen LogP contribution in [0.3, 0.4) is 0 Å². The summed E-state index contributed by atoms with van der Waals surface area (Å²) < 4.78 is 5.67. The normalized spacial score (nSPS) is 53.7. The molecule has 1 heterocycles. The van der Waals surface area contributed by atoms with Crippen LogP contribution in [-0.2, 0) is 4.74 Å². The van der Waals surface area contributed by atoms with Gasteiger partial charge in [0.25, 0.3) is 0 Å². The molecule has 3 rings (SSSR count). The molecule has 2 aliphatic carbocycles. The van der Waals surface area contributed by atoms with Gasteiger partial charge in [-0.3, -0.25) is 0 Å². The average Bonchev–Trinajstić information content (AvgIpc) is 2.40. The Labute approximate surface area is 91.3 Å². The van der Waals surface area contributed by atoms with E-state index < -0.39 is 6.29 Å². The molecule has 0 aromatic heterocycles. The van der Waals surface area contributed by atoms with Crippen molar-refractivity contribution in [1.82, 2.24) is 0 Å². The maximum absolute atomic E-state index is 10.1. The lowest BCUT2D eigenvalue weighted by molar-refractivity contribution is -0.134. The smallest absolute Gasteiger partial charge is 0.161 e. The van der Waals surface area contributed by atoms with Gasteiger partial charge in [-0.25, -0.2) is 0 Å². The van der Waals surface area contributed by atoms with Crippen LogP contribution in [-0.4, -0.2) is 17.5 Å². The summed E-state index contributed by atoms with van der Waals surface area (Å²) in [6.07, 6.45) is 6.98. The zero-order chi connectivity index (χ0) is 10.6. The summed E-state index contributed by atoms with van der Waals surface area (Å²) in [6, 6.07) is 0. The van der Waals surface area contributed by atoms with Gasteiger partial charge < -0.3 is 9.84 Å². The Bertz CT molecular complexity index is 310. The summed E-state index contributed by atoms with van der Waals surface area (Å²) in [5.41, 5.74) is 1.53. The number of aliphatic hydroxyl groups is 1. The minimum atomic E-state index is -0.561. The molecule has 1 saturated heterocycles. The molecule has 2 fully saturated rings. The van der Waals surface area contributed by atoms with Gasteiger partial charge in [-0.05, 0) is 31.1 Å². The van der Waals surface area contributed by atoms with E-state index >= 15 is 0 Å². The number of hydrogen-bond donors (Lipinski definition) is 1. The fraction of sp³-hybridized carbons (Fsp3) is 0.846. The standard InChI is InChI=1S/C13H20O2/c1-8-11-7-9-5-3-4-6-10(9)13(8,2)12(14)15-11/h7-8,10-12,14H,3-6H2,1-2H3/t8-,10-,11+,12?,13+/m1/s1.